The zero-order valence-electron chi connectivity index (χ0n) is 13.0. The lowest BCUT2D eigenvalue weighted by Gasteiger charge is -2.40. The zero-order valence-corrected chi connectivity index (χ0v) is 13.0. The molecule has 5 heteroatoms. The van der Waals surface area contributed by atoms with Crippen molar-refractivity contribution in [2.75, 3.05) is 5.32 Å². The molecule has 1 aliphatic rings. The molecule has 1 unspecified atom stereocenters. The molecule has 3 rings (SSSR count). The third-order valence-electron chi connectivity index (χ3n) is 4.46. The molecule has 122 valence electrons. The zero-order chi connectivity index (χ0) is 16.8. The molecule has 0 spiro atoms. The summed E-state index contributed by atoms with van der Waals surface area (Å²) in [5.41, 5.74) is 9.71. The molecule has 1 heterocycles. The maximum absolute atomic E-state index is 13.0. The molecule has 0 saturated carbocycles. The topological polar surface area (TPSA) is 35.8 Å². The standard InChI is InChI=1S/C18H18F3N2/c1-17(2)10-16(12-5-3-4-6-14(12)22)23-15-8-7-11(9-13(15)17)18(19,20)21/h3-9,16,22-23H,10H2,1-2H3/q-1. The predicted molar refractivity (Wildman–Crippen MR) is 85.9 cm³/mol. The molecule has 0 bridgehead atoms. The van der Waals surface area contributed by atoms with Gasteiger partial charge in [0, 0.05) is 5.69 Å². The van der Waals surface area contributed by atoms with Crippen molar-refractivity contribution >= 4 is 11.4 Å². The molecule has 0 aliphatic carbocycles. The Morgan fingerprint density at radius 3 is 2.48 bits per heavy atom. The van der Waals surface area contributed by atoms with Crippen molar-refractivity contribution in [2.24, 2.45) is 0 Å². The van der Waals surface area contributed by atoms with E-state index in [-0.39, 0.29) is 6.04 Å². The number of fused-ring (bicyclic) bond motifs is 1. The summed E-state index contributed by atoms with van der Waals surface area (Å²) >= 11 is 0. The van der Waals surface area contributed by atoms with Crippen molar-refractivity contribution in [3.63, 3.8) is 0 Å². The number of benzene rings is 2. The lowest BCUT2D eigenvalue weighted by atomic mass is 9.73. The van der Waals surface area contributed by atoms with Crippen molar-refractivity contribution in [3.05, 3.63) is 64.9 Å². The van der Waals surface area contributed by atoms with E-state index in [0.717, 1.165) is 11.6 Å². The molecule has 1 atom stereocenters. The van der Waals surface area contributed by atoms with Gasteiger partial charge in [0.1, 0.15) is 0 Å². The molecular formula is C18H18F3N2-. The molecule has 2 nitrogen and oxygen atoms in total. The van der Waals surface area contributed by atoms with Gasteiger partial charge in [0.25, 0.3) is 0 Å². The van der Waals surface area contributed by atoms with E-state index in [1.165, 1.54) is 12.1 Å². The van der Waals surface area contributed by atoms with Crippen LogP contribution in [0.2, 0.25) is 0 Å². The molecule has 2 N–H and O–H groups in total. The van der Waals surface area contributed by atoms with Crippen LogP contribution in [0.4, 0.5) is 24.5 Å². The Bertz CT molecular complexity index is 735. The normalized spacial score (nSPS) is 19.8. The molecule has 0 amide bonds. The van der Waals surface area contributed by atoms with Crippen molar-refractivity contribution in [3.8, 4) is 0 Å². The Labute approximate surface area is 133 Å². The van der Waals surface area contributed by atoms with E-state index in [1.54, 1.807) is 6.07 Å². The van der Waals surface area contributed by atoms with Crippen LogP contribution in [-0.4, -0.2) is 0 Å². The highest BCUT2D eigenvalue weighted by Gasteiger charge is 2.37. The molecule has 23 heavy (non-hydrogen) atoms. The molecule has 1 aliphatic heterocycles. The molecule has 0 fully saturated rings. The minimum Gasteiger partial charge on any atom is -0.698 e. The highest BCUT2D eigenvalue weighted by Crippen LogP contribution is 2.47. The minimum absolute atomic E-state index is 0.0806. The molecule has 0 saturated heterocycles. The fraction of sp³-hybridized carbons (Fsp3) is 0.333. The van der Waals surface area contributed by atoms with Gasteiger partial charge in [-0.05, 0) is 41.2 Å². The molecular weight excluding hydrogens is 301 g/mol. The average molecular weight is 319 g/mol. The Hall–Kier alpha value is -2.17. The van der Waals surface area contributed by atoms with Gasteiger partial charge < -0.3 is 11.1 Å². The fourth-order valence-electron chi connectivity index (χ4n) is 3.25. The highest BCUT2D eigenvalue weighted by atomic mass is 19.4. The van der Waals surface area contributed by atoms with E-state index in [1.807, 2.05) is 32.0 Å². The van der Waals surface area contributed by atoms with Gasteiger partial charge in [-0.3, -0.25) is 0 Å². The van der Waals surface area contributed by atoms with Crippen LogP contribution in [0.15, 0.2) is 42.5 Å². The van der Waals surface area contributed by atoms with Gasteiger partial charge in [0.15, 0.2) is 0 Å². The molecule has 0 radical (unpaired) electrons. The van der Waals surface area contributed by atoms with Crippen LogP contribution < -0.4 is 5.32 Å². The van der Waals surface area contributed by atoms with Gasteiger partial charge in [-0.25, -0.2) is 0 Å². The summed E-state index contributed by atoms with van der Waals surface area (Å²) in [6.45, 7) is 3.90. The van der Waals surface area contributed by atoms with E-state index in [9.17, 15) is 13.2 Å². The van der Waals surface area contributed by atoms with E-state index < -0.39 is 17.2 Å². The van der Waals surface area contributed by atoms with E-state index in [4.69, 9.17) is 5.73 Å². The van der Waals surface area contributed by atoms with Gasteiger partial charge >= 0.3 is 6.18 Å². The van der Waals surface area contributed by atoms with Crippen molar-refractivity contribution in [1.29, 1.82) is 0 Å². The fourth-order valence-corrected chi connectivity index (χ4v) is 3.25. The van der Waals surface area contributed by atoms with Gasteiger partial charge in [-0.15, -0.1) is 5.69 Å². The third kappa shape index (κ3) is 2.87. The Balaban J connectivity index is 2.03. The number of rotatable bonds is 1. The first kappa shape index (κ1) is 15.7. The number of anilines is 1. The maximum Gasteiger partial charge on any atom is 0.416 e. The Morgan fingerprint density at radius 1 is 1.13 bits per heavy atom. The third-order valence-corrected chi connectivity index (χ3v) is 4.46. The van der Waals surface area contributed by atoms with Crippen LogP contribution in [0.3, 0.4) is 0 Å². The summed E-state index contributed by atoms with van der Waals surface area (Å²) < 4.78 is 38.9. The SMILES string of the molecule is CC1(C)CC(c2ccccc2[NH-])Nc2ccc(C(F)(F)F)cc21. The number of nitrogens with one attached hydrogen (secondary N) is 2. The first-order valence-corrected chi connectivity index (χ1v) is 7.47. The van der Waals surface area contributed by atoms with E-state index in [0.29, 0.717) is 23.4 Å². The van der Waals surface area contributed by atoms with E-state index in [2.05, 4.69) is 5.32 Å². The largest absolute Gasteiger partial charge is 0.698 e. The minimum atomic E-state index is -4.34. The number of alkyl halides is 3. The smallest absolute Gasteiger partial charge is 0.416 e. The van der Waals surface area contributed by atoms with Gasteiger partial charge in [-0.2, -0.15) is 13.2 Å². The molecule has 0 aromatic heterocycles. The summed E-state index contributed by atoms with van der Waals surface area (Å²) in [6, 6.07) is 11.1. The molecule has 2 aromatic carbocycles. The summed E-state index contributed by atoms with van der Waals surface area (Å²) in [5.74, 6) is 0. The Morgan fingerprint density at radius 2 is 1.83 bits per heavy atom. The lowest BCUT2D eigenvalue weighted by Crippen LogP contribution is -2.31. The van der Waals surface area contributed by atoms with Crippen LogP contribution in [0.1, 0.15) is 43.0 Å². The second-order valence-electron chi connectivity index (χ2n) is 6.63. The Kier molecular flexibility index (Phi) is 3.54. The summed E-state index contributed by atoms with van der Waals surface area (Å²) in [7, 11) is 0. The summed E-state index contributed by atoms with van der Waals surface area (Å²) in [6.07, 6.45) is -3.70. The van der Waals surface area contributed by atoms with Crippen molar-refractivity contribution < 1.29 is 13.2 Å². The van der Waals surface area contributed by atoms with Crippen LogP contribution in [0, 0.1) is 0 Å². The van der Waals surface area contributed by atoms with Crippen LogP contribution >= 0.6 is 0 Å². The lowest BCUT2D eigenvalue weighted by molar-refractivity contribution is -0.137. The second-order valence-corrected chi connectivity index (χ2v) is 6.63. The quantitative estimate of drug-likeness (QED) is 0.665. The monoisotopic (exact) mass is 319 g/mol. The number of hydrogen-bond donors (Lipinski definition) is 1. The van der Waals surface area contributed by atoms with Crippen LogP contribution in [0.25, 0.3) is 5.73 Å². The average Bonchev–Trinajstić information content (AvgIpc) is 2.45. The highest BCUT2D eigenvalue weighted by molar-refractivity contribution is 5.63. The van der Waals surface area contributed by atoms with E-state index >= 15 is 0 Å². The molecule has 2 aromatic rings. The predicted octanol–water partition coefficient (Wildman–Crippen LogP) is 6.22. The summed E-state index contributed by atoms with van der Waals surface area (Å²) in [5, 5.41) is 3.30. The second kappa shape index (κ2) is 5.18. The van der Waals surface area contributed by atoms with Crippen molar-refractivity contribution in [2.45, 2.75) is 37.9 Å². The van der Waals surface area contributed by atoms with Crippen molar-refractivity contribution in [1.82, 2.24) is 0 Å². The van der Waals surface area contributed by atoms with Crippen LogP contribution in [0.5, 0.6) is 0 Å². The van der Waals surface area contributed by atoms with Gasteiger partial charge in [0.2, 0.25) is 0 Å². The summed E-state index contributed by atoms with van der Waals surface area (Å²) in [4.78, 5) is 0. The first-order valence-electron chi connectivity index (χ1n) is 7.47. The van der Waals surface area contributed by atoms with Gasteiger partial charge in [0.05, 0.1) is 11.6 Å². The van der Waals surface area contributed by atoms with Gasteiger partial charge in [-0.1, -0.05) is 38.1 Å². The number of halogens is 3. The number of hydrogen-bond acceptors (Lipinski definition) is 1. The van der Waals surface area contributed by atoms with Crippen LogP contribution in [-0.2, 0) is 11.6 Å². The first-order chi connectivity index (χ1) is 10.7. The maximum atomic E-state index is 13.0.